The highest BCUT2D eigenvalue weighted by Crippen LogP contribution is 2.36. The number of ether oxygens (including phenoxy) is 1. The third-order valence-corrected chi connectivity index (χ3v) is 3.87. The molecule has 0 saturated carbocycles. The minimum Gasteiger partial charge on any atom is -0.500 e. The predicted octanol–water partition coefficient (Wildman–Crippen LogP) is 3.49. The maximum Gasteiger partial charge on any atom is 0.315 e. The lowest BCUT2D eigenvalue weighted by Crippen LogP contribution is -2.18. The molecule has 2 aromatic rings. The van der Waals surface area contributed by atoms with Gasteiger partial charge in [0.15, 0.2) is 5.75 Å². The molecule has 25 heavy (non-hydrogen) atoms. The number of aromatic hydroxyl groups is 1. The second-order valence-electron chi connectivity index (χ2n) is 4.67. The first-order chi connectivity index (χ1) is 11.8. The van der Waals surface area contributed by atoms with Gasteiger partial charge in [0, 0.05) is 16.1 Å². The van der Waals surface area contributed by atoms with Crippen LogP contribution in [0.25, 0.3) is 0 Å². The lowest BCUT2D eigenvalue weighted by atomic mass is 10.2. The van der Waals surface area contributed by atoms with Crippen LogP contribution < -0.4 is 10.2 Å². The number of rotatable bonds is 5. The summed E-state index contributed by atoms with van der Waals surface area (Å²) in [5.74, 6) is -1.23. The Bertz CT molecular complexity index is 872. The molecule has 1 amide bonds. The van der Waals surface area contributed by atoms with Gasteiger partial charge in [-0.3, -0.25) is 14.9 Å². The van der Waals surface area contributed by atoms with Gasteiger partial charge in [0.05, 0.1) is 28.8 Å². The predicted molar refractivity (Wildman–Crippen MR) is 95.5 cm³/mol. The Balaban J connectivity index is 2.22. The van der Waals surface area contributed by atoms with Crippen LogP contribution in [0.4, 0.5) is 5.69 Å². The number of phenolic OH excluding ortho intramolecular Hbond substituents is 1. The summed E-state index contributed by atoms with van der Waals surface area (Å²) in [4.78, 5) is 22.2. The molecule has 2 rings (SSSR count). The molecule has 0 heterocycles. The zero-order valence-electron chi connectivity index (χ0n) is 12.7. The molecule has 0 fully saturated rings. The van der Waals surface area contributed by atoms with Crippen molar-refractivity contribution in [1.29, 1.82) is 0 Å². The minimum atomic E-state index is -0.755. The van der Waals surface area contributed by atoms with Gasteiger partial charge < -0.3 is 9.84 Å². The fraction of sp³-hybridized carbons (Fsp3) is 0.0667. The smallest absolute Gasteiger partial charge is 0.315 e. The van der Waals surface area contributed by atoms with Gasteiger partial charge >= 0.3 is 5.69 Å². The van der Waals surface area contributed by atoms with Gasteiger partial charge in [-0.15, -0.1) is 0 Å². The van der Waals surface area contributed by atoms with E-state index in [0.717, 1.165) is 6.07 Å². The average molecular weight is 429 g/mol. The molecular weight excluding hydrogens is 418 g/mol. The van der Waals surface area contributed by atoms with E-state index in [9.17, 15) is 20.0 Å². The molecule has 0 aliphatic heterocycles. The first kappa shape index (κ1) is 18.7. The van der Waals surface area contributed by atoms with Crippen LogP contribution in [0.3, 0.4) is 0 Å². The number of hydrogen-bond donors (Lipinski definition) is 2. The fourth-order valence-electron chi connectivity index (χ4n) is 1.88. The lowest BCUT2D eigenvalue weighted by molar-refractivity contribution is -0.386. The van der Waals surface area contributed by atoms with Gasteiger partial charge in [0.1, 0.15) is 0 Å². The van der Waals surface area contributed by atoms with Crippen molar-refractivity contribution in [2.45, 2.75) is 0 Å². The van der Waals surface area contributed by atoms with E-state index in [-0.39, 0.29) is 21.9 Å². The Morgan fingerprint density at radius 3 is 2.80 bits per heavy atom. The summed E-state index contributed by atoms with van der Waals surface area (Å²) in [7, 11) is 1.26. The van der Waals surface area contributed by atoms with Crippen molar-refractivity contribution in [3.63, 3.8) is 0 Å². The molecule has 8 nitrogen and oxygen atoms in total. The number of methoxy groups -OCH3 is 1. The monoisotopic (exact) mass is 427 g/mol. The van der Waals surface area contributed by atoms with E-state index in [4.69, 9.17) is 16.3 Å². The summed E-state index contributed by atoms with van der Waals surface area (Å²) in [6.07, 6.45) is 1.18. The standard InChI is InChI=1S/C15H11BrClN3O5/c1-25-13-5-8(4-12(14(13)21)20(23)24)7-18-19-15(22)10-6-9(16)2-3-11(10)17/h2-7,21H,1H3,(H,19,22)/b18-7+. The van der Waals surface area contributed by atoms with Crippen molar-refractivity contribution in [3.05, 3.63) is 61.1 Å². The van der Waals surface area contributed by atoms with Gasteiger partial charge in [-0.1, -0.05) is 27.5 Å². The second-order valence-corrected chi connectivity index (χ2v) is 5.99. The molecule has 0 aliphatic carbocycles. The Morgan fingerprint density at radius 1 is 1.44 bits per heavy atom. The van der Waals surface area contributed by atoms with Crippen LogP contribution in [-0.2, 0) is 0 Å². The van der Waals surface area contributed by atoms with Crippen LogP contribution in [0.1, 0.15) is 15.9 Å². The Hall–Kier alpha value is -2.65. The number of carbonyl (C=O) groups excluding carboxylic acids is 1. The largest absolute Gasteiger partial charge is 0.500 e. The molecule has 0 spiro atoms. The number of nitro groups is 1. The van der Waals surface area contributed by atoms with Crippen molar-refractivity contribution in [2.75, 3.05) is 7.11 Å². The number of carbonyl (C=O) groups is 1. The summed E-state index contributed by atoms with van der Waals surface area (Å²) < 4.78 is 5.55. The summed E-state index contributed by atoms with van der Waals surface area (Å²) in [6, 6.07) is 7.20. The lowest BCUT2D eigenvalue weighted by Gasteiger charge is -2.05. The number of nitrogens with one attached hydrogen (secondary N) is 1. The zero-order chi connectivity index (χ0) is 18.6. The van der Waals surface area contributed by atoms with Crippen LogP contribution in [0.2, 0.25) is 5.02 Å². The van der Waals surface area contributed by atoms with Crippen LogP contribution in [0, 0.1) is 10.1 Å². The molecule has 2 aromatic carbocycles. The van der Waals surface area contributed by atoms with Crippen LogP contribution >= 0.6 is 27.5 Å². The molecule has 0 atom stereocenters. The Kier molecular flexibility index (Phi) is 5.94. The van der Waals surface area contributed by atoms with Crippen molar-refractivity contribution in [3.8, 4) is 11.5 Å². The third-order valence-electron chi connectivity index (χ3n) is 3.05. The number of nitrogens with zero attached hydrogens (tertiary/aromatic N) is 2. The molecule has 130 valence electrons. The van der Waals surface area contributed by atoms with Gasteiger partial charge in [0.25, 0.3) is 5.91 Å². The molecule has 0 saturated heterocycles. The quantitative estimate of drug-likeness (QED) is 0.430. The van der Waals surface area contributed by atoms with Gasteiger partial charge in [0.2, 0.25) is 5.75 Å². The molecule has 2 N–H and O–H groups in total. The van der Waals surface area contributed by atoms with Gasteiger partial charge in [-0.2, -0.15) is 5.10 Å². The average Bonchev–Trinajstić information content (AvgIpc) is 2.57. The summed E-state index contributed by atoms with van der Waals surface area (Å²) in [5.41, 5.74) is 2.19. The van der Waals surface area contributed by atoms with E-state index in [2.05, 4.69) is 26.5 Å². The first-order valence-corrected chi connectivity index (χ1v) is 7.84. The molecule has 0 bridgehead atoms. The molecule has 0 radical (unpaired) electrons. The maximum atomic E-state index is 12.1. The van der Waals surface area contributed by atoms with Crippen molar-refractivity contribution in [2.24, 2.45) is 5.10 Å². The summed E-state index contributed by atoms with van der Waals surface area (Å²) >= 11 is 9.18. The van der Waals surface area contributed by atoms with E-state index in [1.54, 1.807) is 12.1 Å². The number of nitro benzene ring substituents is 1. The first-order valence-electron chi connectivity index (χ1n) is 6.67. The zero-order valence-corrected chi connectivity index (χ0v) is 15.0. The number of hydrogen-bond acceptors (Lipinski definition) is 6. The molecule has 0 aliphatic rings. The van der Waals surface area contributed by atoms with E-state index in [1.807, 2.05) is 0 Å². The number of phenols is 1. The fourth-order valence-corrected chi connectivity index (χ4v) is 2.44. The molecule has 0 unspecified atom stereocenters. The van der Waals surface area contributed by atoms with Crippen molar-refractivity contribution in [1.82, 2.24) is 5.43 Å². The molecular formula is C15H11BrClN3O5. The summed E-state index contributed by atoms with van der Waals surface area (Å²) in [6.45, 7) is 0. The minimum absolute atomic E-state index is 0.0861. The topological polar surface area (TPSA) is 114 Å². The van der Waals surface area contributed by atoms with Crippen LogP contribution in [0.5, 0.6) is 11.5 Å². The van der Waals surface area contributed by atoms with E-state index in [1.165, 1.54) is 25.5 Å². The number of benzene rings is 2. The normalized spacial score (nSPS) is 10.7. The van der Waals surface area contributed by atoms with E-state index in [0.29, 0.717) is 4.47 Å². The molecule has 10 heteroatoms. The van der Waals surface area contributed by atoms with E-state index >= 15 is 0 Å². The summed E-state index contributed by atoms with van der Waals surface area (Å²) in [5, 5.41) is 24.6. The highest BCUT2D eigenvalue weighted by atomic mass is 79.9. The molecule has 0 aromatic heterocycles. The van der Waals surface area contributed by atoms with Crippen LogP contribution in [-0.4, -0.2) is 29.3 Å². The van der Waals surface area contributed by atoms with Crippen molar-refractivity contribution >= 4 is 45.3 Å². The highest BCUT2D eigenvalue weighted by molar-refractivity contribution is 9.10. The third kappa shape index (κ3) is 4.46. The maximum absolute atomic E-state index is 12.1. The van der Waals surface area contributed by atoms with Crippen molar-refractivity contribution < 1.29 is 19.6 Å². The number of amides is 1. The Labute approximate surface area is 155 Å². The van der Waals surface area contributed by atoms with Gasteiger partial charge in [-0.25, -0.2) is 5.43 Å². The van der Waals surface area contributed by atoms with Crippen LogP contribution in [0.15, 0.2) is 39.9 Å². The SMILES string of the molecule is COc1cc(/C=N/NC(=O)c2cc(Br)ccc2Cl)cc([N+](=O)[O-])c1O. The van der Waals surface area contributed by atoms with Gasteiger partial charge in [-0.05, 0) is 24.3 Å². The van der Waals surface area contributed by atoms with E-state index < -0.39 is 22.3 Å². The number of hydrazone groups is 1. The Morgan fingerprint density at radius 2 is 2.16 bits per heavy atom. The highest BCUT2D eigenvalue weighted by Gasteiger charge is 2.19. The second kappa shape index (κ2) is 7.95. The number of halogens is 2.